The summed E-state index contributed by atoms with van der Waals surface area (Å²) in [5.41, 5.74) is 4.62. The minimum Gasteiger partial charge on any atom is -0.351 e. The van der Waals surface area contributed by atoms with Crippen LogP contribution < -0.4 is 4.90 Å². The fourth-order valence-corrected chi connectivity index (χ4v) is 3.07. The summed E-state index contributed by atoms with van der Waals surface area (Å²) in [5, 5.41) is 16.9. The lowest BCUT2D eigenvalue weighted by atomic mass is 10.1. The van der Waals surface area contributed by atoms with Gasteiger partial charge >= 0.3 is 0 Å². The first-order valence-corrected chi connectivity index (χ1v) is 8.66. The van der Waals surface area contributed by atoms with E-state index in [1.165, 1.54) is 0 Å². The number of rotatable bonds is 4. The van der Waals surface area contributed by atoms with Gasteiger partial charge in [0.2, 0.25) is 0 Å². The normalized spacial score (nSPS) is 11.9. The molecule has 6 nitrogen and oxygen atoms in total. The lowest BCUT2D eigenvalue weighted by Gasteiger charge is -2.26. The highest BCUT2D eigenvalue weighted by Gasteiger charge is 2.14. The molecule has 0 radical (unpaired) electrons. The molecular weight excluding hydrogens is 336 g/mol. The zero-order valence-electron chi connectivity index (χ0n) is 15.1. The minimum absolute atomic E-state index is 0.112. The second-order valence-electron chi connectivity index (χ2n) is 6.37. The van der Waals surface area contributed by atoms with E-state index in [-0.39, 0.29) is 6.04 Å². The fraction of sp³-hybridized carbons (Fsp3) is 0.143. The molecule has 0 amide bonds. The molecule has 0 saturated heterocycles. The molecule has 132 valence electrons. The topological polar surface area (TPSA) is 70.6 Å². The molecular formula is C21H18N6. The summed E-state index contributed by atoms with van der Waals surface area (Å²) in [6.07, 6.45) is 1.85. The van der Waals surface area contributed by atoms with E-state index < -0.39 is 0 Å². The van der Waals surface area contributed by atoms with Gasteiger partial charge in [0.25, 0.3) is 0 Å². The molecule has 0 aliphatic carbocycles. The number of anilines is 1. The SMILES string of the molecule is CC(c1ccc(-n2cnc3ccccc32)cc1)N(C)c1ccc(C#N)nn1. The Bertz CT molecular complexity index is 1110. The number of benzene rings is 2. The van der Waals surface area contributed by atoms with Gasteiger partial charge in [0.05, 0.1) is 17.1 Å². The maximum absolute atomic E-state index is 8.85. The van der Waals surface area contributed by atoms with E-state index in [1.807, 2.05) is 48.6 Å². The van der Waals surface area contributed by atoms with Crippen molar-refractivity contribution in [3.63, 3.8) is 0 Å². The molecule has 0 bridgehead atoms. The van der Waals surface area contributed by atoms with Crippen LogP contribution in [0, 0.1) is 11.3 Å². The maximum Gasteiger partial charge on any atom is 0.163 e. The van der Waals surface area contributed by atoms with E-state index in [2.05, 4.69) is 57.0 Å². The molecule has 0 fully saturated rings. The summed E-state index contributed by atoms with van der Waals surface area (Å²) < 4.78 is 2.08. The van der Waals surface area contributed by atoms with Crippen molar-refractivity contribution in [1.82, 2.24) is 19.7 Å². The molecule has 0 saturated carbocycles. The highest BCUT2D eigenvalue weighted by molar-refractivity contribution is 5.77. The Morgan fingerprint density at radius 3 is 2.48 bits per heavy atom. The first-order chi connectivity index (χ1) is 13.2. The summed E-state index contributed by atoms with van der Waals surface area (Å²) in [6, 6.07) is 22.1. The standard InChI is InChI=1S/C21H18N6/c1-15(26(2)21-12-9-17(13-22)24-25-21)16-7-10-18(11-8-16)27-14-23-19-5-3-4-6-20(19)27/h3-12,14-15H,1-2H3. The number of aromatic nitrogens is 4. The molecule has 6 heteroatoms. The van der Waals surface area contributed by atoms with E-state index in [1.54, 1.807) is 6.07 Å². The third-order valence-corrected chi connectivity index (χ3v) is 4.81. The number of fused-ring (bicyclic) bond motifs is 1. The molecule has 2 aromatic heterocycles. The number of hydrogen-bond donors (Lipinski definition) is 0. The van der Waals surface area contributed by atoms with Crippen molar-refractivity contribution in [2.45, 2.75) is 13.0 Å². The van der Waals surface area contributed by atoms with Crippen LogP contribution in [0.25, 0.3) is 16.7 Å². The van der Waals surface area contributed by atoms with Gasteiger partial charge in [-0.25, -0.2) is 4.98 Å². The van der Waals surface area contributed by atoms with Gasteiger partial charge in [-0.1, -0.05) is 24.3 Å². The maximum atomic E-state index is 8.85. The summed E-state index contributed by atoms with van der Waals surface area (Å²) in [7, 11) is 1.97. The summed E-state index contributed by atoms with van der Waals surface area (Å²) in [6.45, 7) is 2.11. The highest BCUT2D eigenvalue weighted by atomic mass is 15.3. The van der Waals surface area contributed by atoms with Crippen LogP contribution in [0.4, 0.5) is 5.82 Å². The fourth-order valence-electron chi connectivity index (χ4n) is 3.07. The van der Waals surface area contributed by atoms with Crippen LogP contribution in [0.5, 0.6) is 0 Å². The Hall–Kier alpha value is -3.72. The van der Waals surface area contributed by atoms with Crippen LogP contribution >= 0.6 is 0 Å². The predicted molar refractivity (Wildman–Crippen MR) is 105 cm³/mol. The highest BCUT2D eigenvalue weighted by Crippen LogP contribution is 2.25. The molecule has 1 unspecified atom stereocenters. The number of nitriles is 1. The molecule has 0 N–H and O–H groups in total. The van der Waals surface area contributed by atoms with Crippen molar-refractivity contribution in [2.24, 2.45) is 0 Å². The molecule has 2 heterocycles. The Balaban J connectivity index is 1.58. The van der Waals surface area contributed by atoms with Crippen LogP contribution in [0.15, 0.2) is 67.0 Å². The van der Waals surface area contributed by atoms with E-state index in [9.17, 15) is 0 Å². The van der Waals surface area contributed by atoms with Gasteiger partial charge in [-0.15, -0.1) is 10.2 Å². The quantitative estimate of drug-likeness (QED) is 0.556. The van der Waals surface area contributed by atoms with Gasteiger partial charge in [-0.2, -0.15) is 5.26 Å². The van der Waals surface area contributed by atoms with Crippen LogP contribution in [-0.2, 0) is 0 Å². The van der Waals surface area contributed by atoms with Crippen LogP contribution in [-0.4, -0.2) is 26.8 Å². The summed E-state index contributed by atoms with van der Waals surface area (Å²) in [4.78, 5) is 6.49. The Labute approximate surface area is 157 Å². The van der Waals surface area contributed by atoms with E-state index in [0.717, 1.165) is 28.1 Å². The van der Waals surface area contributed by atoms with E-state index in [0.29, 0.717) is 5.69 Å². The first-order valence-electron chi connectivity index (χ1n) is 8.66. The molecule has 4 aromatic rings. The summed E-state index contributed by atoms with van der Waals surface area (Å²) >= 11 is 0. The molecule has 1 atom stereocenters. The lowest BCUT2D eigenvalue weighted by molar-refractivity contribution is 0.719. The molecule has 27 heavy (non-hydrogen) atoms. The van der Waals surface area contributed by atoms with E-state index >= 15 is 0 Å². The Kier molecular flexibility index (Phi) is 4.27. The molecule has 0 aliphatic rings. The zero-order valence-corrected chi connectivity index (χ0v) is 15.1. The van der Waals surface area contributed by atoms with Gasteiger partial charge < -0.3 is 4.90 Å². The Morgan fingerprint density at radius 2 is 1.78 bits per heavy atom. The van der Waals surface area contributed by atoms with Crippen molar-refractivity contribution in [2.75, 3.05) is 11.9 Å². The van der Waals surface area contributed by atoms with Crippen molar-refractivity contribution in [1.29, 1.82) is 5.26 Å². The van der Waals surface area contributed by atoms with Crippen molar-refractivity contribution < 1.29 is 0 Å². The second-order valence-corrected chi connectivity index (χ2v) is 6.37. The smallest absolute Gasteiger partial charge is 0.163 e. The molecule has 0 aliphatic heterocycles. The van der Waals surface area contributed by atoms with Gasteiger partial charge in [-0.05, 0) is 48.9 Å². The van der Waals surface area contributed by atoms with Crippen LogP contribution in [0.2, 0.25) is 0 Å². The van der Waals surface area contributed by atoms with Crippen LogP contribution in [0.3, 0.4) is 0 Å². The van der Waals surface area contributed by atoms with Crippen molar-refractivity contribution in [3.8, 4) is 11.8 Å². The van der Waals surface area contributed by atoms with Gasteiger partial charge in [0.1, 0.15) is 12.4 Å². The third kappa shape index (κ3) is 3.11. The van der Waals surface area contributed by atoms with Gasteiger partial charge in [0, 0.05) is 12.7 Å². The van der Waals surface area contributed by atoms with Crippen molar-refractivity contribution >= 4 is 16.9 Å². The average molecular weight is 354 g/mol. The first kappa shape index (κ1) is 16.7. The third-order valence-electron chi connectivity index (χ3n) is 4.81. The molecule has 2 aromatic carbocycles. The average Bonchev–Trinajstić information content (AvgIpc) is 3.17. The number of para-hydroxylation sites is 2. The monoisotopic (exact) mass is 354 g/mol. The number of nitrogens with zero attached hydrogens (tertiary/aromatic N) is 6. The lowest BCUT2D eigenvalue weighted by Crippen LogP contribution is -2.23. The van der Waals surface area contributed by atoms with Crippen molar-refractivity contribution in [3.05, 3.63) is 78.2 Å². The van der Waals surface area contributed by atoms with Gasteiger partial charge in [-0.3, -0.25) is 4.57 Å². The predicted octanol–water partition coefficient (Wildman–Crippen LogP) is 3.88. The Morgan fingerprint density at radius 1 is 1.00 bits per heavy atom. The van der Waals surface area contributed by atoms with Crippen LogP contribution in [0.1, 0.15) is 24.2 Å². The molecule has 0 spiro atoms. The summed E-state index contributed by atoms with van der Waals surface area (Å²) in [5.74, 6) is 0.728. The largest absolute Gasteiger partial charge is 0.351 e. The van der Waals surface area contributed by atoms with Gasteiger partial charge in [0.15, 0.2) is 11.5 Å². The number of imidazole rings is 1. The zero-order chi connectivity index (χ0) is 18.8. The minimum atomic E-state index is 0.112. The second kappa shape index (κ2) is 6.89. The number of hydrogen-bond acceptors (Lipinski definition) is 5. The van der Waals surface area contributed by atoms with E-state index in [4.69, 9.17) is 5.26 Å². The molecule has 4 rings (SSSR count).